The van der Waals surface area contributed by atoms with Gasteiger partial charge >= 0.3 is 0 Å². The number of carbonyl (C=O) groups is 1. The van der Waals surface area contributed by atoms with Crippen LogP contribution in [0.15, 0.2) is 22.7 Å². The standard InChI is InChI=1S/C14H17BrO4S/c1-2-19-12-7-6-10(9-11(12)15)14(16)13-5-3-4-8-20(13,17)18/h6-7,9,13H,2-5,8H2,1H3. The van der Waals surface area contributed by atoms with E-state index in [0.717, 1.165) is 6.42 Å². The lowest BCUT2D eigenvalue weighted by Gasteiger charge is -2.21. The van der Waals surface area contributed by atoms with Gasteiger partial charge in [-0.1, -0.05) is 6.42 Å². The number of rotatable bonds is 4. The molecule has 1 aromatic carbocycles. The van der Waals surface area contributed by atoms with Crippen molar-refractivity contribution in [1.29, 1.82) is 0 Å². The molecule has 0 amide bonds. The molecular formula is C14H17BrO4S. The highest BCUT2D eigenvalue weighted by atomic mass is 79.9. The van der Waals surface area contributed by atoms with Crippen molar-refractivity contribution in [1.82, 2.24) is 0 Å². The minimum atomic E-state index is -3.30. The number of ether oxygens (including phenoxy) is 1. The van der Waals surface area contributed by atoms with Crippen LogP contribution in [0.4, 0.5) is 0 Å². The van der Waals surface area contributed by atoms with Gasteiger partial charge in [0, 0.05) is 5.56 Å². The highest BCUT2D eigenvalue weighted by Crippen LogP contribution is 2.29. The first kappa shape index (κ1) is 15.5. The van der Waals surface area contributed by atoms with Gasteiger partial charge in [-0.05, 0) is 53.9 Å². The number of hydrogen-bond donors (Lipinski definition) is 0. The lowest BCUT2D eigenvalue weighted by molar-refractivity contribution is 0.0981. The second-order valence-electron chi connectivity index (χ2n) is 4.79. The van der Waals surface area contributed by atoms with E-state index in [0.29, 0.717) is 35.2 Å². The van der Waals surface area contributed by atoms with Crippen LogP contribution in [0, 0.1) is 0 Å². The Hall–Kier alpha value is -0.880. The number of carbonyl (C=O) groups excluding carboxylic acids is 1. The maximum Gasteiger partial charge on any atom is 0.180 e. The third-order valence-corrected chi connectivity index (χ3v) is 6.18. The summed E-state index contributed by atoms with van der Waals surface area (Å²) in [6.07, 6.45) is 1.86. The minimum Gasteiger partial charge on any atom is -0.493 e. The second kappa shape index (κ2) is 6.26. The van der Waals surface area contributed by atoms with E-state index >= 15 is 0 Å². The fourth-order valence-electron chi connectivity index (χ4n) is 2.36. The highest BCUT2D eigenvalue weighted by molar-refractivity contribution is 9.10. The number of halogens is 1. The van der Waals surface area contributed by atoms with Gasteiger partial charge in [0.1, 0.15) is 11.0 Å². The maximum atomic E-state index is 12.4. The number of hydrogen-bond acceptors (Lipinski definition) is 4. The average Bonchev–Trinajstić information content (AvgIpc) is 2.40. The van der Waals surface area contributed by atoms with Crippen LogP contribution in [-0.2, 0) is 9.84 Å². The van der Waals surface area contributed by atoms with Crippen molar-refractivity contribution >= 4 is 31.6 Å². The van der Waals surface area contributed by atoms with E-state index in [9.17, 15) is 13.2 Å². The summed E-state index contributed by atoms with van der Waals surface area (Å²) >= 11 is 3.34. The summed E-state index contributed by atoms with van der Waals surface area (Å²) in [5.41, 5.74) is 0.413. The van der Waals surface area contributed by atoms with Gasteiger partial charge in [0.05, 0.1) is 16.8 Å². The Morgan fingerprint density at radius 3 is 2.75 bits per heavy atom. The summed E-state index contributed by atoms with van der Waals surface area (Å²) < 4.78 is 30.0. The second-order valence-corrected chi connectivity index (χ2v) is 7.95. The van der Waals surface area contributed by atoms with Gasteiger partial charge in [-0.15, -0.1) is 0 Å². The van der Waals surface area contributed by atoms with E-state index in [2.05, 4.69) is 15.9 Å². The van der Waals surface area contributed by atoms with Crippen molar-refractivity contribution in [3.63, 3.8) is 0 Å². The summed E-state index contributed by atoms with van der Waals surface area (Å²) in [6, 6.07) is 4.95. The first-order valence-electron chi connectivity index (χ1n) is 6.64. The van der Waals surface area contributed by atoms with Gasteiger partial charge in [0.2, 0.25) is 0 Å². The predicted octanol–water partition coefficient (Wildman–Crippen LogP) is 3.00. The van der Waals surface area contributed by atoms with Crippen LogP contribution in [0.25, 0.3) is 0 Å². The zero-order valence-electron chi connectivity index (χ0n) is 11.3. The van der Waals surface area contributed by atoms with E-state index in [4.69, 9.17) is 4.74 Å². The van der Waals surface area contributed by atoms with Crippen molar-refractivity contribution in [3.05, 3.63) is 28.2 Å². The predicted molar refractivity (Wildman–Crippen MR) is 81.1 cm³/mol. The molecule has 6 heteroatoms. The van der Waals surface area contributed by atoms with Crippen molar-refractivity contribution in [3.8, 4) is 5.75 Å². The van der Waals surface area contributed by atoms with E-state index < -0.39 is 15.1 Å². The van der Waals surface area contributed by atoms with Crippen LogP contribution >= 0.6 is 15.9 Å². The van der Waals surface area contributed by atoms with E-state index in [-0.39, 0.29) is 11.5 Å². The van der Waals surface area contributed by atoms with E-state index in [1.807, 2.05) is 6.92 Å². The molecule has 0 N–H and O–H groups in total. The molecule has 110 valence electrons. The Kier molecular flexibility index (Phi) is 4.86. The SMILES string of the molecule is CCOc1ccc(C(=O)C2CCCCS2(=O)=O)cc1Br. The minimum absolute atomic E-state index is 0.113. The number of sulfone groups is 1. The summed E-state index contributed by atoms with van der Waals surface area (Å²) in [6.45, 7) is 2.41. The third-order valence-electron chi connectivity index (χ3n) is 3.39. The molecule has 1 unspecified atom stereocenters. The lowest BCUT2D eigenvalue weighted by atomic mass is 10.0. The van der Waals surface area contributed by atoms with Gasteiger partial charge in [0.25, 0.3) is 0 Å². The number of Topliss-reactive ketones (excluding diaryl/α,β-unsaturated/α-hetero) is 1. The molecule has 0 aliphatic carbocycles. The summed E-state index contributed by atoms with van der Waals surface area (Å²) in [5.74, 6) is 0.450. The molecule has 1 heterocycles. The molecule has 0 bridgehead atoms. The van der Waals surface area contributed by atoms with Gasteiger partial charge < -0.3 is 4.74 Å². The molecule has 0 aromatic heterocycles. The Morgan fingerprint density at radius 1 is 1.40 bits per heavy atom. The van der Waals surface area contributed by atoms with E-state index in [1.54, 1.807) is 18.2 Å². The number of benzene rings is 1. The average molecular weight is 361 g/mol. The first-order chi connectivity index (χ1) is 9.45. The van der Waals surface area contributed by atoms with Crippen molar-refractivity contribution in [2.75, 3.05) is 12.4 Å². The molecule has 1 saturated heterocycles. The molecule has 0 spiro atoms. The first-order valence-corrected chi connectivity index (χ1v) is 9.14. The molecule has 4 nitrogen and oxygen atoms in total. The zero-order chi connectivity index (χ0) is 14.8. The lowest BCUT2D eigenvalue weighted by Crippen LogP contribution is -2.35. The normalized spacial score (nSPS) is 21.4. The van der Waals surface area contributed by atoms with Crippen molar-refractivity contribution in [2.45, 2.75) is 31.4 Å². The van der Waals surface area contributed by atoms with Gasteiger partial charge in [-0.2, -0.15) is 0 Å². The molecule has 1 fully saturated rings. The maximum absolute atomic E-state index is 12.4. The quantitative estimate of drug-likeness (QED) is 0.774. The Morgan fingerprint density at radius 2 is 2.15 bits per heavy atom. The Balaban J connectivity index is 2.27. The van der Waals surface area contributed by atoms with Crippen LogP contribution in [0.5, 0.6) is 5.75 Å². The summed E-state index contributed by atoms with van der Waals surface area (Å²) in [4.78, 5) is 12.4. The molecule has 0 radical (unpaired) electrons. The largest absolute Gasteiger partial charge is 0.493 e. The summed E-state index contributed by atoms with van der Waals surface area (Å²) in [5, 5.41) is -0.888. The molecular weight excluding hydrogens is 344 g/mol. The molecule has 20 heavy (non-hydrogen) atoms. The van der Waals surface area contributed by atoms with Crippen molar-refractivity contribution < 1.29 is 17.9 Å². The molecule has 1 aliphatic rings. The number of ketones is 1. The van der Waals surface area contributed by atoms with Crippen molar-refractivity contribution in [2.24, 2.45) is 0 Å². The molecule has 0 saturated carbocycles. The smallest absolute Gasteiger partial charge is 0.180 e. The fraction of sp³-hybridized carbons (Fsp3) is 0.500. The van der Waals surface area contributed by atoms with Gasteiger partial charge in [-0.25, -0.2) is 8.42 Å². The summed E-state index contributed by atoms with van der Waals surface area (Å²) in [7, 11) is -3.30. The third kappa shape index (κ3) is 3.23. The Labute approximate surface area is 127 Å². The van der Waals surface area contributed by atoms with Crippen LogP contribution < -0.4 is 4.74 Å². The molecule has 2 rings (SSSR count). The van der Waals surface area contributed by atoms with Crippen LogP contribution in [0.2, 0.25) is 0 Å². The fourth-order valence-corrected chi connectivity index (χ4v) is 4.73. The molecule has 1 aliphatic heterocycles. The zero-order valence-corrected chi connectivity index (χ0v) is 13.7. The highest BCUT2D eigenvalue weighted by Gasteiger charge is 2.35. The Bertz CT molecular complexity index is 610. The topological polar surface area (TPSA) is 60.4 Å². The monoisotopic (exact) mass is 360 g/mol. The molecule has 1 atom stereocenters. The van der Waals surface area contributed by atoms with Crippen LogP contribution in [-0.4, -0.2) is 31.8 Å². The molecule has 1 aromatic rings. The van der Waals surface area contributed by atoms with Crippen LogP contribution in [0.1, 0.15) is 36.5 Å². The van der Waals surface area contributed by atoms with E-state index in [1.165, 1.54) is 0 Å². The van der Waals surface area contributed by atoms with Gasteiger partial charge in [-0.3, -0.25) is 4.79 Å². The van der Waals surface area contributed by atoms with Crippen LogP contribution in [0.3, 0.4) is 0 Å². The van der Waals surface area contributed by atoms with Gasteiger partial charge in [0.15, 0.2) is 15.6 Å².